The number of nitrogens with zero attached hydrogens (tertiary/aromatic N) is 6. The minimum absolute atomic E-state index is 0.0357. The van der Waals surface area contributed by atoms with E-state index in [0.29, 0.717) is 46.7 Å². The minimum atomic E-state index is -1.38. The standard InChI is InChI=1S/C64H82N18O10/c1-37(2)21-45-55(83)75-47(25-41-29-65-33-69-41)59(87)79-51(23-39-13-7-5-8-14-39)63(91)82-20-12-18-54(82)62(90)78-50(28-44-32-68-36-72-44)58(86)74-46(22-38(3)4)56(84)76-48(26-42-30-66-34-70-42)60(88)80-52(24-40-15-9-6-10-16-40)64(92)81-19-11-17-53(81)61(89)77-49(57(85)73-45)27-43-31-67-35-71-43/h5-10,13-16,29-38,45-54H,11-12,17-28H2,1-4H3,(H,65,69)(H,66,70)(H,67,71)(H,68,72)(H,73,85)(H,74,86)(H,75,83)(H,76,84)(H,77,89)(H,78,90)(H,79,87)(H,80,88)/t45-,46-,47-,48-,49-,50-,51+,52+,53-,54-/m0/s1. The average Bonchev–Trinajstić information content (AvgIpc) is 1.64. The van der Waals surface area contributed by atoms with Gasteiger partial charge in [0.15, 0.2) is 0 Å². The second kappa shape index (κ2) is 31.6. The molecule has 3 aliphatic heterocycles. The number of carbonyl (C=O) groups is 10. The molecular formula is C64H82N18O10. The van der Waals surface area contributed by atoms with Crippen LogP contribution >= 0.6 is 0 Å². The molecule has 92 heavy (non-hydrogen) atoms. The molecule has 3 aliphatic rings. The molecule has 488 valence electrons. The summed E-state index contributed by atoms with van der Waals surface area (Å²) >= 11 is 0. The molecule has 10 atom stereocenters. The third-order valence-corrected chi connectivity index (χ3v) is 16.6. The Hall–Kier alpha value is -10.0. The number of rotatable bonds is 16. The summed E-state index contributed by atoms with van der Waals surface area (Å²) in [5, 5.41) is 22.9. The molecule has 2 aromatic carbocycles. The van der Waals surface area contributed by atoms with Crippen LogP contribution in [-0.4, -0.2) is 182 Å². The lowest BCUT2D eigenvalue weighted by atomic mass is 10.00. The van der Waals surface area contributed by atoms with Gasteiger partial charge in [-0.15, -0.1) is 0 Å². The zero-order valence-corrected chi connectivity index (χ0v) is 52.0. The SMILES string of the molecule is CC(C)C[C@@H]1NC(=O)[C@H](Cc2cnc[nH]2)NC(=O)[C@@H]2CCCN2C(=O)[C@@H](Cc2ccccc2)NC(=O)[C@H](Cc2cnc[nH]2)NC(=O)[C@H](CC(C)C)NC(=O)[C@H](Cc2cnc[nH]2)NC(=O)[C@@H]2CCCN2C(=O)[C@@H](Cc2ccccc2)NC(=O)[C@H](Cc2cnc[nH]2)NC1=O. The molecule has 28 nitrogen and oxygen atoms in total. The highest BCUT2D eigenvalue weighted by molar-refractivity contribution is 6.00. The molecule has 10 amide bonds. The van der Waals surface area contributed by atoms with Crippen LogP contribution in [0.25, 0.3) is 0 Å². The van der Waals surface area contributed by atoms with E-state index in [-0.39, 0.29) is 89.1 Å². The van der Waals surface area contributed by atoms with E-state index in [2.05, 4.69) is 82.4 Å². The molecule has 0 bridgehead atoms. The zero-order chi connectivity index (χ0) is 65.3. The van der Waals surface area contributed by atoms with Crippen molar-refractivity contribution in [2.24, 2.45) is 11.8 Å². The first kappa shape index (κ1) is 66.4. The molecule has 0 spiro atoms. The highest BCUT2D eigenvalue weighted by Gasteiger charge is 2.43. The summed E-state index contributed by atoms with van der Waals surface area (Å²) in [6.45, 7) is 7.59. The van der Waals surface area contributed by atoms with Crippen molar-refractivity contribution in [2.75, 3.05) is 13.1 Å². The van der Waals surface area contributed by atoms with Gasteiger partial charge in [-0.3, -0.25) is 47.9 Å². The van der Waals surface area contributed by atoms with Gasteiger partial charge >= 0.3 is 0 Å². The molecule has 3 saturated heterocycles. The van der Waals surface area contributed by atoms with E-state index in [1.54, 1.807) is 60.7 Å². The molecule has 9 rings (SSSR count). The van der Waals surface area contributed by atoms with E-state index in [0.717, 1.165) is 0 Å². The van der Waals surface area contributed by atoms with Gasteiger partial charge in [-0.1, -0.05) is 88.4 Å². The maximum atomic E-state index is 15.2. The summed E-state index contributed by atoms with van der Waals surface area (Å²) in [7, 11) is 0. The highest BCUT2D eigenvalue weighted by atomic mass is 16.2. The fraction of sp³-hybridized carbons (Fsp3) is 0.469. The van der Waals surface area contributed by atoms with Crippen LogP contribution in [0, 0.1) is 11.8 Å². The Labute approximate surface area is 532 Å². The topological polar surface area (TPSA) is 388 Å². The van der Waals surface area contributed by atoms with Gasteiger partial charge in [0.05, 0.1) is 25.3 Å². The van der Waals surface area contributed by atoms with Crippen LogP contribution in [0.1, 0.15) is 100 Å². The maximum absolute atomic E-state index is 15.2. The summed E-state index contributed by atoms with van der Waals surface area (Å²) in [6.07, 6.45) is 12.2. The van der Waals surface area contributed by atoms with Crippen LogP contribution in [0.2, 0.25) is 0 Å². The molecular weight excluding hydrogens is 1180 g/mol. The smallest absolute Gasteiger partial charge is 0.246 e. The van der Waals surface area contributed by atoms with Gasteiger partial charge in [-0.05, 0) is 61.5 Å². The van der Waals surface area contributed by atoms with Crippen LogP contribution in [0.3, 0.4) is 0 Å². The number of fused-ring (bicyclic) bond motifs is 2. The van der Waals surface area contributed by atoms with Crippen LogP contribution in [0.4, 0.5) is 0 Å². The lowest BCUT2D eigenvalue weighted by Crippen LogP contribution is -2.62. The number of amides is 10. The molecule has 0 saturated carbocycles. The largest absolute Gasteiger partial charge is 0.348 e. The normalized spacial score (nSPS) is 24.8. The molecule has 0 unspecified atom stereocenters. The molecule has 28 heteroatoms. The van der Waals surface area contributed by atoms with E-state index in [4.69, 9.17) is 0 Å². The molecule has 4 aromatic heterocycles. The predicted molar refractivity (Wildman–Crippen MR) is 333 cm³/mol. The molecule has 12 N–H and O–H groups in total. The maximum Gasteiger partial charge on any atom is 0.246 e. The van der Waals surface area contributed by atoms with Gasteiger partial charge in [0.25, 0.3) is 0 Å². The number of nitrogens with one attached hydrogen (secondary N) is 12. The number of H-pyrrole nitrogens is 4. The molecule has 6 aromatic rings. The van der Waals surface area contributed by atoms with Crippen LogP contribution < -0.4 is 42.5 Å². The minimum Gasteiger partial charge on any atom is -0.348 e. The Morgan fingerprint density at radius 3 is 0.913 bits per heavy atom. The summed E-state index contributed by atoms with van der Waals surface area (Å²) in [5.74, 6) is -7.59. The second-order valence-corrected chi connectivity index (χ2v) is 24.6. The Bertz CT molecular complexity index is 3210. The summed E-state index contributed by atoms with van der Waals surface area (Å²) in [4.78, 5) is 180. The van der Waals surface area contributed by atoms with E-state index in [9.17, 15) is 38.4 Å². The van der Waals surface area contributed by atoms with Gasteiger partial charge in [0, 0.05) is 99.2 Å². The molecule has 7 heterocycles. The number of imidazole rings is 4. The van der Waals surface area contributed by atoms with Crippen molar-refractivity contribution in [1.29, 1.82) is 0 Å². The fourth-order valence-corrected chi connectivity index (χ4v) is 12.0. The number of hydrogen-bond acceptors (Lipinski definition) is 14. The van der Waals surface area contributed by atoms with Gasteiger partial charge in [-0.25, -0.2) is 19.9 Å². The van der Waals surface area contributed by atoms with Crippen molar-refractivity contribution >= 4 is 59.1 Å². The lowest BCUT2D eigenvalue weighted by Gasteiger charge is -2.32. The van der Waals surface area contributed by atoms with Crippen molar-refractivity contribution in [3.8, 4) is 0 Å². The summed E-state index contributed by atoms with van der Waals surface area (Å²) < 4.78 is 0. The Morgan fingerprint density at radius 1 is 0.359 bits per heavy atom. The van der Waals surface area contributed by atoms with Crippen molar-refractivity contribution in [3.63, 3.8) is 0 Å². The third kappa shape index (κ3) is 18.1. The molecule has 0 aliphatic carbocycles. The number of aromatic amines is 4. The van der Waals surface area contributed by atoms with Crippen LogP contribution in [0.5, 0.6) is 0 Å². The van der Waals surface area contributed by atoms with E-state index in [1.807, 2.05) is 27.7 Å². The van der Waals surface area contributed by atoms with E-state index >= 15 is 9.59 Å². The molecule has 0 radical (unpaired) electrons. The summed E-state index contributed by atoms with van der Waals surface area (Å²) in [6, 6.07) is 4.90. The Balaban J connectivity index is 1.10. The van der Waals surface area contributed by atoms with Gasteiger partial charge in [0.1, 0.15) is 60.4 Å². The zero-order valence-electron chi connectivity index (χ0n) is 52.0. The number of aromatic nitrogens is 8. The Morgan fingerprint density at radius 2 is 0.630 bits per heavy atom. The third-order valence-electron chi connectivity index (χ3n) is 16.6. The first-order valence-electron chi connectivity index (χ1n) is 31.4. The van der Waals surface area contributed by atoms with Crippen molar-refractivity contribution < 1.29 is 47.9 Å². The number of benzene rings is 2. The number of carbonyl (C=O) groups excluding carboxylic acids is 10. The number of hydrogen-bond donors (Lipinski definition) is 12. The van der Waals surface area contributed by atoms with Crippen LogP contribution in [0.15, 0.2) is 111 Å². The summed E-state index contributed by atoms with van der Waals surface area (Å²) in [5.41, 5.74) is 3.14. The van der Waals surface area contributed by atoms with Crippen molar-refractivity contribution in [3.05, 3.63) is 145 Å². The Kier molecular flexibility index (Phi) is 22.8. The first-order chi connectivity index (χ1) is 44.3. The average molecular weight is 1260 g/mol. The van der Waals surface area contributed by atoms with Crippen LogP contribution in [-0.2, 0) is 86.5 Å². The van der Waals surface area contributed by atoms with E-state index in [1.165, 1.54) is 59.9 Å². The monoisotopic (exact) mass is 1260 g/mol. The predicted octanol–water partition coefficient (Wildman–Crippen LogP) is 0.301. The highest BCUT2D eigenvalue weighted by Crippen LogP contribution is 2.24. The van der Waals surface area contributed by atoms with Gasteiger partial charge < -0.3 is 72.3 Å². The van der Waals surface area contributed by atoms with E-state index < -0.39 is 119 Å². The lowest BCUT2D eigenvalue weighted by molar-refractivity contribution is -0.143. The van der Waals surface area contributed by atoms with Crippen molar-refractivity contribution in [1.82, 2.24) is 92.2 Å². The van der Waals surface area contributed by atoms with Crippen molar-refractivity contribution in [2.45, 2.75) is 165 Å². The fourth-order valence-electron chi connectivity index (χ4n) is 12.0. The second-order valence-electron chi connectivity index (χ2n) is 24.6. The quantitative estimate of drug-likeness (QED) is 0.0621. The first-order valence-corrected chi connectivity index (χ1v) is 31.4. The molecule has 3 fully saturated rings. The van der Waals surface area contributed by atoms with Gasteiger partial charge in [0.2, 0.25) is 59.1 Å². The van der Waals surface area contributed by atoms with Gasteiger partial charge in [-0.2, -0.15) is 0 Å².